The van der Waals surface area contributed by atoms with E-state index in [0.29, 0.717) is 0 Å². The van der Waals surface area contributed by atoms with Crippen LogP contribution >= 0.6 is 0 Å². The maximum Gasteiger partial charge on any atom is 0.241 e. The molecule has 0 bridgehead atoms. The van der Waals surface area contributed by atoms with Gasteiger partial charge in [-0.2, -0.15) is 0 Å². The molecule has 0 amide bonds. The van der Waals surface area contributed by atoms with E-state index in [4.69, 9.17) is 4.18 Å². The van der Waals surface area contributed by atoms with E-state index in [9.17, 15) is 4.21 Å². The number of benzene rings is 2. The largest absolute Gasteiger partial charge is 0.396 e. The quantitative estimate of drug-likeness (QED) is 0.659. The molecule has 3 rings (SSSR count). The minimum atomic E-state index is -1.31. The van der Waals surface area contributed by atoms with Crippen LogP contribution in [-0.4, -0.2) is 4.21 Å². The molecule has 1 unspecified atom stereocenters. The van der Waals surface area contributed by atoms with Crippen LogP contribution in [0.25, 0.3) is 10.8 Å². The van der Waals surface area contributed by atoms with Crippen molar-refractivity contribution >= 4 is 21.9 Å². The molecule has 70 valence electrons. The van der Waals surface area contributed by atoms with Gasteiger partial charge in [-0.15, -0.1) is 0 Å². The van der Waals surface area contributed by atoms with E-state index in [1.807, 2.05) is 31.2 Å². The van der Waals surface area contributed by atoms with Crippen LogP contribution in [-0.2, 0) is 11.1 Å². The van der Waals surface area contributed by atoms with Crippen molar-refractivity contribution in [1.29, 1.82) is 0 Å². The van der Waals surface area contributed by atoms with Gasteiger partial charge in [0.1, 0.15) is 5.75 Å². The first-order valence-corrected chi connectivity index (χ1v) is 5.47. The van der Waals surface area contributed by atoms with Gasteiger partial charge in [0, 0.05) is 5.39 Å². The molecule has 1 heterocycles. The number of rotatable bonds is 0. The molecule has 3 heteroatoms. The van der Waals surface area contributed by atoms with Crippen molar-refractivity contribution in [2.45, 2.75) is 11.8 Å². The Morgan fingerprint density at radius 2 is 2.14 bits per heavy atom. The molecule has 0 aromatic heterocycles. The summed E-state index contributed by atoms with van der Waals surface area (Å²) in [6.45, 7) is 2.01. The first-order chi connectivity index (χ1) is 6.75. The van der Waals surface area contributed by atoms with Crippen LogP contribution in [0, 0.1) is 6.92 Å². The molecule has 0 fully saturated rings. The third kappa shape index (κ3) is 0.930. The van der Waals surface area contributed by atoms with Gasteiger partial charge >= 0.3 is 0 Å². The maximum absolute atomic E-state index is 11.5. The molecule has 0 N–H and O–H groups in total. The van der Waals surface area contributed by atoms with Crippen molar-refractivity contribution in [1.82, 2.24) is 0 Å². The predicted octanol–water partition coefficient (Wildman–Crippen LogP) is 2.56. The van der Waals surface area contributed by atoms with Crippen molar-refractivity contribution in [3.8, 4) is 5.75 Å². The summed E-state index contributed by atoms with van der Waals surface area (Å²) in [7, 11) is 0. The van der Waals surface area contributed by atoms with Gasteiger partial charge in [-0.1, -0.05) is 18.2 Å². The summed E-state index contributed by atoms with van der Waals surface area (Å²) in [4.78, 5) is 0.789. The minimum absolute atomic E-state index is 0.744. The monoisotopic (exact) mass is 204 g/mol. The maximum atomic E-state index is 11.5. The van der Waals surface area contributed by atoms with E-state index in [2.05, 4.69) is 6.07 Å². The molecule has 14 heavy (non-hydrogen) atoms. The Kier molecular flexibility index (Phi) is 1.47. The van der Waals surface area contributed by atoms with Crippen LogP contribution in [0.5, 0.6) is 5.75 Å². The molecule has 0 spiro atoms. The van der Waals surface area contributed by atoms with E-state index in [0.717, 1.165) is 27.0 Å². The van der Waals surface area contributed by atoms with E-state index < -0.39 is 11.1 Å². The summed E-state index contributed by atoms with van der Waals surface area (Å²) in [6.07, 6.45) is 0. The van der Waals surface area contributed by atoms with Crippen molar-refractivity contribution in [2.75, 3.05) is 0 Å². The van der Waals surface area contributed by atoms with Crippen molar-refractivity contribution in [2.24, 2.45) is 0 Å². The summed E-state index contributed by atoms with van der Waals surface area (Å²) in [5.74, 6) is 0.744. The van der Waals surface area contributed by atoms with E-state index in [1.54, 1.807) is 0 Å². The highest BCUT2D eigenvalue weighted by atomic mass is 32.2. The third-order valence-corrected chi connectivity index (χ3v) is 3.42. The zero-order chi connectivity index (χ0) is 9.71. The smallest absolute Gasteiger partial charge is 0.241 e. The van der Waals surface area contributed by atoms with Crippen LogP contribution in [0.2, 0.25) is 0 Å². The zero-order valence-electron chi connectivity index (χ0n) is 7.61. The zero-order valence-corrected chi connectivity index (χ0v) is 8.43. The van der Waals surface area contributed by atoms with Crippen LogP contribution in [0.4, 0.5) is 0 Å². The van der Waals surface area contributed by atoms with Gasteiger partial charge in [-0.25, -0.2) is 4.21 Å². The molecular weight excluding hydrogens is 196 g/mol. The summed E-state index contributed by atoms with van der Waals surface area (Å²) < 4.78 is 16.8. The first-order valence-electron chi connectivity index (χ1n) is 4.39. The van der Waals surface area contributed by atoms with Crippen LogP contribution < -0.4 is 4.18 Å². The number of hydrogen-bond donors (Lipinski definition) is 0. The van der Waals surface area contributed by atoms with E-state index >= 15 is 0 Å². The summed E-state index contributed by atoms with van der Waals surface area (Å²) in [6, 6.07) is 9.78. The first kappa shape index (κ1) is 8.00. The van der Waals surface area contributed by atoms with Gasteiger partial charge in [-0.05, 0) is 30.0 Å². The predicted molar refractivity (Wildman–Crippen MR) is 55.7 cm³/mol. The Labute approximate surface area is 84.2 Å². The van der Waals surface area contributed by atoms with Gasteiger partial charge in [-0.3, -0.25) is 0 Å². The second-order valence-corrected chi connectivity index (χ2v) is 4.51. The third-order valence-electron chi connectivity index (χ3n) is 2.39. The molecule has 2 aromatic carbocycles. The SMILES string of the molecule is Cc1cc2c3c(cccc3c1)S(=O)O2. The lowest BCUT2D eigenvalue weighted by Crippen LogP contribution is -1.91. The summed E-state index contributed by atoms with van der Waals surface area (Å²) in [5, 5.41) is 2.10. The Hall–Kier alpha value is -1.35. The molecule has 0 radical (unpaired) electrons. The second-order valence-electron chi connectivity index (χ2n) is 3.44. The lowest BCUT2D eigenvalue weighted by molar-refractivity contribution is 0.577. The lowest BCUT2D eigenvalue weighted by atomic mass is 10.1. The normalized spacial score (nSPS) is 18.5. The lowest BCUT2D eigenvalue weighted by Gasteiger charge is -1.99. The molecular formula is C11H8O2S. The van der Waals surface area contributed by atoms with Gasteiger partial charge in [0.2, 0.25) is 11.1 Å². The fraction of sp³-hybridized carbons (Fsp3) is 0.0909. The van der Waals surface area contributed by atoms with Crippen molar-refractivity contribution in [3.05, 3.63) is 35.9 Å². The Morgan fingerprint density at radius 1 is 1.29 bits per heavy atom. The number of hydrogen-bond acceptors (Lipinski definition) is 2. The summed E-state index contributed by atoms with van der Waals surface area (Å²) >= 11 is -1.31. The average molecular weight is 204 g/mol. The molecule has 0 aliphatic carbocycles. The van der Waals surface area contributed by atoms with Crippen molar-refractivity contribution in [3.63, 3.8) is 0 Å². The van der Waals surface area contributed by atoms with E-state index in [-0.39, 0.29) is 0 Å². The van der Waals surface area contributed by atoms with E-state index in [1.165, 1.54) is 0 Å². The Balaban J connectivity index is 2.55. The molecule has 2 aromatic rings. The van der Waals surface area contributed by atoms with Crippen LogP contribution in [0.1, 0.15) is 5.56 Å². The second kappa shape index (κ2) is 2.58. The van der Waals surface area contributed by atoms with Gasteiger partial charge < -0.3 is 4.18 Å². The highest BCUT2D eigenvalue weighted by molar-refractivity contribution is 7.81. The standard InChI is InChI=1S/C11H8O2S/c1-7-5-8-3-2-4-10-11(8)9(6-7)13-14(10)12/h2-6H,1H3. The van der Waals surface area contributed by atoms with Gasteiger partial charge in [0.05, 0.1) is 4.90 Å². The van der Waals surface area contributed by atoms with Crippen molar-refractivity contribution < 1.29 is 8.39 Å². The molecule has 1 aliphatic rings. The number of aryl methyl sites for hydroxylation is 1. The van der Waals surface area contributed by atoms with Crippen LogP contribution in [0.3, 0.4) is 0 Å². The summed E-state index contributed by atoms with van der Waals surface area (Å²) in [5.41, 5.74) is 1.13. The van der Waals surface area contributed by atoms with Crippen LogP contribution in [0.15, 0.2) is 35.2 Å². The van der Waals surface area contributed by atoms with Gasteiger partial charge in [0.15, 0.2) is 0 Å². The average Bonchev–Trinajstić information content (AvgIpc) is 2.45. The fourth-order valence-electron chi connectivity index (χ4n) is 1.83. The molecule has 1 aliphatic heterocycles. The topological polar surface area (TPSA) is 26.3 Å². The molecule has 2 nitrogen and oxygen atoms in total. The molecule has 1 atom stereocenters. The molecule has 0 saturated heterocycles. The highest BCUT2D eigenvalue weighted by Gasteiger charge is 2.22. The highest BCUT2D eigenvalue weighted by Crippen LogP contribution is 2.38. The molecule has 0 saturated carbocycles. The Bertz CT molecular complexity index is 560. The van der Waals surface area contributed by atoms with Gasteiger partial charge in [0.25, 0.3) is 0 Å². The Morgan fingerprint density at radius 3 is 3.00 bits per heavy atom. The minimum Gasteiger partial charge on any atom is -0.396 e. The fourth-order valence-corrected chi connectivity index (χ4v) is 2.79.